The predicted octanol–water partition coefficient (Wildman–Crippen LogP) is 2.42. The highest BCUT2D eigenvalue weighted by atomic mass is 16.1. The Balaban J connectivity index is 1.54. The number of rotatable bonds is 4. The van der Waals surface area contributed by atoms with Gasteiger partial charge in [0, 0.05) is 31.4 Å². The number of anilines is 1. The van der Waals surface area contributed by atoms with E-state index in [2.05, 4.69) is 47.0 Å². The average Bonchev–Trinajstić information content (AvgIpc) is 3.40. The minimum absolute atomic E-state index is 0.104. The van der Waals surface area contributed by atoms with Crippen molar-refractivity contribution in [2.24, 2.45) is 0 Å². The summed E-state index contributed by atoms with van der Waals surface area (Å²) in [6.07, 6.45) is 5.74. The molecule has 1 aliphatic rings. The molecule has 0 aliphatic carbocycles. The molecule has 5 heterocycles. The molecule has 0 radical (unpaired) electrons. The third-order valence-corrected chi connectivity index (χ3v) is 6.15. The molecular formula is C23H27N7O. The van der Waals surface area contributed by atoms with Crippen LogP contribution in [0.4, 0.5) is 5.69 Å². The van der Waals surface area contributed by atoms with Gasteiger partial charge in [0.2, 0.25) is 0 Å². The number of pyridine rings is 1. The molecule has 0 N–H and O–H groups in total. The van der Waals surface area contributed by atoms with Gasteiger partial charge in [-0.1, -0.05) is 6.92 Å². The topological polar surface area (TPSA) is 71.0 Å². The molecule has 5 rings (SSSR count). The smallest absolute Gasteiger partial charge is 0.258 e. The van der Waals surface area contributed by atoms with Crippen LogP contribution in [0.1, 0.15) is 24.7 Å². The molecule has 0 bridgehead atoms. The van der Waals surface area contributed by atoms with Crippen molar-refractivity contribution in [3.05, 3.63) is 58.4 Å². The van der Waals surface area contributed by atoms with Crippen molar-refractivity contribution in [1.29, 1.82) is 0 Å². The number of fused-ring (bicyclic) bond motifs is 2. The maximum atomic E-state index is 13.0. The number of hydrogen-bond acceptors (Lipinski definition) is 6. The summed E-state index contributed by atoms with van der Waals surface area (Å²) in [5, 5.41) is 4.66. The molecule has 0 saturated carbocycles. The Labute approximate surface area is 180 Å². The summed E-state index contributed by atoms with van der Waals surface area (Å²) in [5.74, 6) is 0. The van der Waals surface area contributed by atoms with E-state index in [-0.39, 0.29) is 5.56 Å². The molecule has 1 fully saturated rings. The number of aryl methyl sites for hydroxylation is 2. The molecule has 0 aromatic carbocycles. The normalized spacial score (nSPS) is 16.8. The molecule has 8 heteroatoms. The fraction of sp³-hybridized carbons (Fsp3) is 0.391. The lowest BCUT2D eigenvalue weighted by Gasteiger charge is -2.22. The highest BCUT2D eigenvalue weighted by Crippen LogP contribution is 2.24. The van der Waals surface area contributed by atoms with Crippen molar-refractivity contribution in [2.75, 3.05) is 32.1 Å². The highest BCUT2D eigenvalue weighted by molar-refractivity contribution is 5.66. The van der Waals surface area contributed by atoms with Gasteiger partial charge in [0.25, 0.3) is 5.56 Å². The fourth-order valence-corrected chi connectivity index (χ4v) is 4.38. The van der Waals surface area contributed by atoms with E-state index in [0.29, 0.717) is 23.1 Å². The van der Waals surface area contributed by atoms with Crippen LogP contribution >= 0.6 is 0 Å². The van der Waals surface area contributed by atoms with Gasteiger partial charge in [-0.25, -0.2) is 9.50 Å². The predicted molar refractivity (Wildman–Crippen MR) is 122 cm³/mol. The molecular weight excluding hydrogens is 390 g/mol. The SMILES string of the molecule is CCc1nc(C)cn2nc(-c3cc(=O)n4cc(N5CC[C@@H](N(C)C)C5)ccc4n3)cc12. The highest BCUT2D eigenvalue weighted by Gasteiger charge is 2.24. The molecule has 1 saturated heterocycles. The van der Waals surface area contributed by atoms with Crippen LogP contribution in [0.5, 0.6) is 0 Å². The maximum Gasteiger partial charge on any atom is 0.258 e. The molecule has 31 heavy (non-hydrogen) atoms. The second kappa shape index (κ2) is 7.46. The first kappa shape index (κ1) is 19.7. The third kappa shape index (κ3) is 3.46. The van der Waals surface area contributed by atoms with Crippen LogP contribution in [0.15, 0.2) is 41.5 Å². The van der Waals surface area contributed by atoms with Gasteiger partial charge in [0.1, 0.15) is 11.3 Å². The summed E-state index contributed by atoms with van der Waals surface area (Å²) in [6.45, 7) is 5.99. The zero-order valence-electron chi connectivity index (χ0n) is 18.4. The molecule has 8 nitrogen and oxygen atoms in total. The minimum atomic E-state index is -0.104. The third-order valence-electron chi connectivity index (χ3n) is 6.15. The van der Waals surface area contributed by atoms with Crippen molar-refractivity contribution in [3.8, 4) is 11.4 Å². The van der Waals surface area contributed by atoms with E-state index in [4.69, 9.17) is 4.98 Å². The lowest BCUT2D eigenvalue weighted by atomic mass is 10.2. The first-order chi connectivity index (χ1) is 14.9. The number of hydrogen-bond donors (Lipinski definition) is 0. The summed E-state index contributed by atoms with van der Waals surface area (Å²) in [7, 11) is 4.23. The van der Waals surface area contributed by atoms with E-state index in [1.807, 2.05) is 36.0 Å². The monoisotopic (exact) mass is 417 g/mol. The Hall–Kier alpha value is -3.26. The lowest BCUT2D eigenvalue weighted by Crippen LogP contribution is -2.31. The molecule has 0 amide bonds. The first-order valence-electron chi connectivity index (χ1n) is 10.7. The van der Waals surface area contributed by atoms with Crippen LogP contribution in [0, 0.1) is 6.92 Å². The Morgan fingerprint density at radius 1 is 1.13 bits per heavy atom. The van der Waals surface area contributed by atoms with Crippen molar-refractivity contribution >= 4 is 16.9 Å². The Bertz CT molecular complexity index is 1340. The molecule has 4 aromatic rings. The standard InChI is InChI=1S/C23H27N7O/c1-5-18-21-10-20(26-30(21)12-15(2)24-18)19-11-23(31)29-14-17(6-7-22(29)25-19)28-9-8-16(13-28)27(3)4/h6-7,10-12,14,16H,5,8-9,13H2,1-4H3/t16-/m1/s1. The van der Waals surface area contributed by atoms with E-state index < -0.39 is 0 Å². The van der Waals surface area contributed by atoms with E-state index in [1.54, 1.807) is 10.5 Å². The van der Waals surface area contributed by atoms with Crippen LogP contribution in [-0.4, -0.2) is 62.1 Å². The molecule has 0 spiro atoms. The van der Waals surface area contributed by atoms with Crippen LogP contribution < -0.4 is 10.5 Å². The Kier molecular flexibility index (Phi) is 4.74. The summed E-state index contributed by atoms with van der Waals surface area (Å²) < 4.78 is 3.46. The van der Waals surface area contributed by atoms with Gasteiger partial charge in [-0.05, 0) is 52.1 Å². The van der Waals surface area contributed by atoms with Crippen LogP contribution in [-0.2, 0) is 6.42 Å². The van der Waals surface area contributed by atoms with Gasteiger partial charge < -0.3 is 9.80 Å². The van der Waals surface area contributed by atoms with E-state index in [1.165, 1.54) is 0 Å². The van der Waals surface area contributed by atoms with Gasteiger partial charge in [-0.15, -0.1) is 0 Å². The summed E-state index contributed by atoms with van der Waals surface area (Å²) in [6, 6.07) is 8.03. The van der Waals surface area contributed by atoms with Gasteiger partial charge in [-0.2, -0.15) is 5.10 Å². The molecule has 1 aliphatic heterocycles. The molecule has 1 atom stereocenters. The summed E-state index contributed by atoms with van der Waals surface area (Å²) in [5.41, 5.74) is 5.68. The maximum absolute atomic E-state index is 13.0. The second-order valence-corrected chi connectivity index (χ2v) is 8.49. The van der Waals surface area contributed by atoms with E-state index in [0.717, 1.165) is 48.5 Å². The van der Waals surface area contributed by atoms with Gasteiger partial charge in [0.15, 0.2) is 0 Å². The second-order valence-electron chi connectivity index (χ2n) is 8.49. The zero-order chi connectivity index (χ0) is 21.7. The van der Waals surface area contributed by atoms with Crippen molar-refractivity contribution < 1.29 is 0 Å². The van der Waals surface area contributed by atoms with Crippen molar-refractivity contribution in [2.45, 2.75) is 32.7 Å². The molecule has 160 valence electrons. The molecule has 0 unspecified atom stereocenters. The number of aromatic nitrogens is 5. The van der Waals surface area contributed by atoms with Crippen molar-refractivity contribution in [1.82, 2.24) is 28.9 Å². The van der Waals surface area contributed by atoms with E-state index >= 15 is 0 Å². The van der Waals surface area contributed by atoms with Gasteiger partial charge in [0.05, 0.1) is 34.5 Å². The fourth-order valence-electron chi connectivity index (χ4n) is 4.38. The van der Waals surface area contributed by atoms with E-state index in [9.17, 15) is 4.79 Å². The first-order valence-corrected chi connectivity index (χ1v) is 10.7. The van der Waals surface area contributed by atoms with Crippen LogP contribution in [0.25, 0.3) is 22.6 Å². The summed E-state index contributed by atoms with van der Waals surface area (Å²) >= 11 is 0. The summed E-state index contributed by atoms with van der Waals surface area (Å²) in [4.78, 5) is 26.9. The van der Waals surface area contributed by atoms with Gasteiger partial charge >= 0.3 is 0 Å². The van der Waals surface area contributed by atoms with Crippen LogP contribution in [0.3, 0.4) is 0 Å². The quantitative estimate of drug-likeness (QED) is 0.508. The Morgan fingerprint density at radius 3 is 2.71 bits per heavy atom. The molecule has 4 aromatic heterocycles. The Morgan fingerprint density at radius 2 is 1.97 bits per heavy atom. The average molecular weight is 418 g/mol. The number of likely N-dealkylation sites (N-methyl/N-ethyl adjacent to an activating group) is 1. The largest absolute Gasteiger partial charge is 0.369 e. The zero-order valence-corrected chi connectivity index (χ0v) is 18.4. The minimum Gasteiger partial charge on any atom is -0.369 e. The lowest BCUT2D eigenvalue weighted by molar-refractivity contribution is 0.315. The van der Waals surface area contributed by atoms with Crippen molar-refractivity contribution in [3.63, 3.8) is 0 Å². The van der Waals surface area contributed by atoms with Crippen LogP contribution in [0.2, 0.25) is 0 Å². The van der Waals surface area contributed by atoms with Gasteiger partial charge in [-0.3, -0.25) is 14.2 Å². The number of nitrogens with zero attached hydrogens (tertiary/aromatic N) is 7.